The summed E-state index contributed by atoms with van der Waals surface area (Å²) in [6.07, 6.45) is 2.72. The molecule has 208 valence electrons. The van der Waals surface area contributed by atoms with Crippen molar-refractivity contribution in [3.63, 3.8) is 0 Å². The molecule has 1 aromatic carbocycles. The Kier molecular flexibility index (Phi) is 8.76. The van der Waals surface area contributed by atoms with Crippen LogP contribution in [-0.4, -0.2) is 78.9 Å². The minimum atomic E-state index is -0.769. The number of piperidine rings is 1. The highest BCUT2D eigenvalue weighted by atomic mass is 16.6. The van der Waals surface area contributed by atoms with Crippen LogP contribution in [0.5, 0.6) is 11.5 Å². The van der Waals surface area contributed by atoms with Gasteiger partial charge in [-0.2, -0.15) is 0 Å². The lowest BCUT2D eigenvalue weighted by Crippen LogP contribution is -2.53. The first-order valence-corrected chi connectivity index (χ1v) is 13.2. The van der Waals surface area contributed by atoms with Crippen LogP contribution in [0.2, 0.25) is 0 Å². The molecule has 38 heavy (non-hydrogen) atoms. The zero-order valence-electron chi connectivity index (χ0n) is 22.2. The number of imide groups is 1. The van der Waals surface area contributed by atoms with E-state index in [4.69, 9.17) is 18.9 Å². The Morgan fingerprint density at radius 1 is 1.08 bits per heavy atom. The molecule has 4 aliphatic rings. The van der Waals surface area contributed by atoms with E-state index in [0.717, 1.165) is 12.8 Å². The summed E-state index contributed by atoms with van der Waals surface area (Å²) >= 11 is 0. The van der Waals surface area contributed by atoms with Gasteiger partial charge in [0.25, 0.3) is 5.91 Å². The Labute approximate surface area is 222 Å². The van der Waals surface area contributed by atoms with Crippen molar-refractivity contribution in [2.75, 3.05) is 26.4 Å². The fraction of sp³-hybridized carbons (Fsp3) is 0.630. The maximum absolute atomic E-state index is 12.9. The van der Waals surface area contributed by atoms with Gasteiger partial charge in [-0.1, -0.05) is 0 Å². The highest BCUT2D eigenvalue weighted by Crippen LogP contribution is 2.36. The molecule has 2 bridgehead atoms. The van der Waals surface area contributed by atoms with Gasteiger partial charge in [0.2, 0.25) is 11.8 Å². The fourth-order valence-electron chi connectivity index (χ4n) is 4.50. The van der Waals surface area contributed by atoms with Crippen LogP contribution in [0.3, 0.4) is 0 Å². The molecule has 11 heteroatoms. The summed E-state index contributed by atoms with van der Waals surface area (Å²) in [5, 5.41) is 4.93. The zero-order chi connectivity index (χ0) is 27.3. The first-order valence-electron chi connectivity index (χ1n) is 13.2. The molecule has 2 N–H and O–H groups in total. The molecule has 3 aliphatic heterocycles. The van der Waals surface area contributed by atoms with E-state index in [0.29, 0.717) is 56.3 Å². The number of fused-ring (bicyclic) bond motifs is 8. The molecule has 0 radical (unpaired) electrons. The predicted octanol–water partition coefficient (Wildman–Crippen LogP) is 2.56. The molecule has 5 rings (SSSR count). The molecule has 1 aliphatic carbocycles. The van der Waals surface area contributed by atoms with Gasteiger partial charge in [0.1, 0.15) is 17.7 Å². The molecule has 1 atom stereocenters. The van der Waals surface area contributed by atoms with Crippen LogP contribution in [0.1, 0.15) is 69.7 Å². The summed E-state index contributed by atoms with van der Waals surface area (Å²) in [6.45, 7) is 7.36. The van der Waals surface area contributed by atoms with Crippen LogP contribution in [-0.2, 0) is 19.1 Å². The topological polar surface area (TPSA) is 132 Å². The first kappa shape index (κ1) is 27.7. The molecular formula is C27H37N3O8. The highest BCUT2D eigenvalue weighted by Gasteiger charge is 2.39. The Hall–Kier alpha value is -3.34. The summed E-state index contributed by atoms with van der Waals surface area (Å²) in [6, 6.07) is 4.12. The lowest BCUT2D eigenvalue weighted by molar-refractivity contribution is -0.134. The van der Waals surface area contributed by atoms with Crippen LogP contribution in [0, 0.1) is 0 Å². The van der Waals surface area contributed by atoms with Crippen LogP contribution in [0.25, 0.3) is 0 Å². The van der Waals surface area contributed by atoms with Crippen LogP contribution < -0.4 is 20.1 Å². The second-order valence-corrected chi connectivity index (χ2v) is 10.8. The molecule has 3 heterocycles. The third kappa shape index (κ3) is 7.37. The van der Waals surface area contributed by atoms with Crippen LogP contribution >= 0.6 is 0 Å². The summed E-state index contributed by atoms with van der Waals surface area (Å²) in [5.41, 5.74) is -0.270. The van der Waals surface area contributed by atoms with Gasteiger partial charge in [-0.15, -0.1) is 0 Å². The smallest absolute Gasteiger partial charge is 0.410 e. The van der Waals surface area contributed by atoms with Crippen molar-refractivity contribution in [2.24, 2.45) is 0 Å². The van der Waals surface area contributed by atoms with Crippen molar-refractivity contribution in [2.45, 2.75) is 83.1 Å². The molecule has 0 spiro atoms. The van der Waals surface area contributed by atoms with Gasteiger partial charge >= 0.3 is 6.09 Å². The van der Waals surface area contributed by atoms with Gasteiger partial charge in [0, 0.05) is 44.0 Å². The van der Waals surface area contributed by atoms with Crippen LogP contribution in [0.15, 0.2) is 18.2 Å². The second kappa shape index (κ2) is 12.0. The monoisotopic (exact) mass is 531 g/mol. The van der Waals surface area contributed by atoms with E-state index in [1.54, 1.807) is 23.1 Å². The quantitative estimate of drug-likeness (QED) is 0.557. The van der Waals surface area contributed by atoms with Crippen molar-refractivity contribution < 1.29 is 38.1 Å². The van der Waals surface area contributed by atoms with Gasteiger partial charge in [0.05, 0.1) is 13.2 Å². The molecular weight excluding hydrogens is 494 g/mol. The SMILES string of the molecule is CC(C)(C)OC(=O)N1CCOCCCCOc2cc(C(=O)NC3CCC(=O)NC3=O)ccc2OC2CC1C2. The van der Waals surface area contributed by atoms with Crippen molar-refractivity contribution in [3.05, 3.63) is 23.8 Å². The maximum Gasteiger partial charge on any atom is 0.410 e. The number of amides is 4. The average Bonchev–Trinajstić information content (AvgIpc) is 2.82. The van der Waals surface area contributed by atoms with E-state index in [-0.39, 0.29) is 37.0 Å². The molecule has 1 aromatic rings. The Balaban J connectivity index is 1.44. The second-order valence-electron chi connectivity index (χ2n) is 10.8. The highest BCUT2D eigenvalue weighted by molar-refractivity contribution is 6.03. The number of nitrogens with zero attached hydrogens (tertiary/aromatic N) is 1. The number of ether oxygens (including phenoxy) is 4. The van der Waals surface area contributed by atoms with E-state index in [2.05, 4.69) is 10.6 Å². The molecule has 1 saturated carbocycles. The lowest BCUT2D eigenvalue weighted by Gasteiger charge is -2.42. The van der Waals surface area contributed by atoms with E-state index in [1.165, 1.54) is 0 Å². The molecule has 4 amide bonds. The first-order chi connectivity index (χ1) is 18.1. The predicted molar refractivity (Wildman–Crippen MR) is 136 cm³/mol. The minimum Gasteiger partial charge on any atom is -0.490 e. The lowest BCUT2D eigenvalue weighted by atomic mass is 9.88. The third-order valence-corrected chi connectivity index (χ3v) is 6.60. The van der Waals surface area contributed by atoms with Crippen molar-refractivity contribution in [1.29, 1.82) is 0 Å². The molecule has 11 nitrogen and oxygen atoms in total. The number of benzene rings is 1. The van der Waals surface area contributed by atoms with Gasteiger partial charge in [-0.3, -0.25) is 19.7 Å². The Morgan fingerprint density at radius 2 is 1.84 bits per heavy atom. The molecule has 2 fully saturated rings. The number of nitrogens with one attached hydrogen (secondary N) is 2. The molecule has 1 saturated heterocycles. The fourth-order valence-corrected chi connectivity index (χ4v) is 4.50. The number of carbonyl (C=O) groups excluding carboxylic acids is 4. The standard InChI is InChI=1S/C27H37N3O8/c1-27(2,3)38-26(34)30-10-13-35-11-4-5-12-36-22-14-17(6-8-21(22)37-19-15-18(30)16-19)24(32)28-20-7-9-23(31)29-25(20)33/h6,8,14,18-20H,4-5,7,9-13,15-16H2,1-3H3,(H,28,32)(H,29,31,33). The number of rotatable bonds is 2. The normalized spacial score (nSPS) is 24.7. The Bertz CT molecular complexity index is 1050. The van der Waals surface area contributed by atoms with Crippen molar-refractivity contribution in [1.82, 2.24) is 15.5 Å². The van der Waals surface area contributed by atoms with Gasteiger partial charge in [-0.05, 0) is 58.2 Å². The van der Waals surface area contributed by atoms with Crippen LogP contribution in [0.4, 0.5) is 4.79 Å². The summed E-state index contributed by atoms with van der Waals surface area (Å²) in [5.74, 6) is -0.339. The third-order valence-electron chi connectivity index (χ3n) is 6.60. The van der Waals surface area contributed by atoms with Crippen molar-refractivity contribution in [3.8, 4) is 11.5 Å². The molecule has 0 aromatic heterocycles. The van der Waals surface area contributed by atoms with Crippen molar-refractivity contribution >= 4 is 23.8 Å². The Morgan fingerprint density at radius 3 is 2.58 bits per heavy atom. The van der Waals surface area contributed by atoms with Gasteiger partial charge in [0.15, 0.2) is 11.5 Å². The largest absolute Gasteiger partial charge is 0.490 e. The van der Waals surface area contributed by atoms with E-state index in [9.17, 15) is 19.2 Å². The van der Waals surface area contributed by atoms with Gasteiger partial charge < -0.3 is 29.2 Å². The van der Waals surface area contributed by atoms with E-state index in [1.807, 2.05) is 20.8 Å². The number of carbonyl (C=O) groups is 4. The average molecular weight is 532 g/mol. The summed E-state index contributed by atoms with van der Waals surface area (Å²) < 4.78 is 23.6. The summed E-state index contributed by atoms with van der Waals surface area (Å²) in [4.78, 5) is 50.8. The minimum absolute atomic E-state index is 0.0217. The zero-order valence-corrected chi connectivity index (χ0v) is 22.2. The number of hydrogen-bond acceptors (Lipinski definition) is 8. The summed E-state index contributed by atoms with van der Waals surface area (Å²) in [7, 11) is 0. The van der Waals surface area contributed by atoms with E-state index >= 15 is 0 Å². The maximum atomic E-state index is 12.9. The van der Waals surface area contributed by atoms with E-state index < -0.39 is 23.5 Å². The number of hydrogen-bond donors (Lipinski definition) is 2. The molecule has 1 unspecified atom stereocenters. The van der Waals surface area contributed by atoms with Gasteiger partial charge in [-0.25, -0.2) is 4.79 Å².